The summed E-state index contributed by atoms with van der Waals surface area (Å²) >= 11 is 9.41. The predicted molar refractivity (Wildman–Crippen MR) is 94.4 cm³/mol. The van der Waals surface area contributed by atoms with E-state index in [1.807, 2.05) is 18.2 Å². The number of hydrogen-bond acceptors (Lipinski definition) is 5. The van der Waals surface area contributed by atoms with Gasteiger partial charge in [-0.15, -0.1) is 0 Å². The maximum Gasteiger partial charge on any atom is 0.327 e. The van der Waals surface area contributed by atoms with Gasteiger partial charge >= 0.3 is 5.97 Å². The largest absolute Gasteiger partial charge is 0.480 e. The fraction of sp³-hybridized carbons (Fsp3) is 0.143. The number of hydrogen-bond donors (Lipinski definition) is 2. The van der Waals surface area contributed by atoms with Crippen LogP contribution in [0.4, 0.5) is 0 Å². The number of benzene rings is 1. The van der Waals surface area contributed by atoms with Crippen molar-refractivity contribution in [2.45, 2.75) is 12.5 Å². The number of rotatable bonds is 5. The lowest BCUT2D eigenvalue weighted by molar-refractivity contribution is -0.146. The van der Waals surface area contributed by atoms with Crippen molar-refractivity contribution >= 4 is 68.1 Å². The van der Waals surface area contributed by atoms with Crippen molar-refractivity contribution in [3.63, 3.8) is 0 Å². The molecule has 1 atom stereocenters. The van der Waals surface area contributed by atoms with Crippen LogP contribution in [0.1, 0.15) is 12.0 Å². The molecule has 0 bridgehead atoms. The number of thiocarbonyl (C=S) groups is 1. The van der Waals surface area contributed by atoms with Crippen LogP contribution in [0.2, 0.25) is 0 Å². The van der Waals surface area contributed by atoms with E-state index in [2.05, 4.69) is 15.9 Å². The molecule has 1 unspecified atom stereocenters. The third kappa shape index (κ3) is 4.18. The van der Waals surface area contributed by atoms with Crippen molar-refractivity contribution in [3.05, 3.63) is 39.2 Å². The molecule has 6 nitrogen and oxygen atoms in total. The van der Waals surface area contributed by atoms with Gasteiger partial charge < -0.3 is 10.8 Å². The number of carboxylic acids is 1. The van der Waals surface area contributed by atoms with E-state index >= 15 is 0 Å². The van der Waals surface area contributed by atoms with Crippen LogP contribution in [0.15, 0.2) is 33.6 Å². The van der Waals surface area contributed by atoms with Crippen LogP contribution in [0.5, 0.6) is 0 Å². The van der Waals surface area contributed by atoms with Gasteiger partial charge in [0.2, 0.25) is 5.91 Å². The molecule has 0 spiro atoms. The molecule has 23 heavy (non-hydrogen) atoms. The van der Waals surface area contributed by atoms with E-state index in [1.165, 1.54) is 0 Å². The van der Waals surface area contributed by atoms with Gasteiger partial charge in [-0.3, -0.25) is 14.5 Å². The molecule has 1 aliphatic heterocycles. The fourth-order valence-electron chi connectivity index (χ4n) is 1.98. The maximum absolute atomic E-state index is 12.5. The Bertz CT molecular complexity index is 735. The Balaban J connectivity index is 2.32. The lowest BCUT2D eigenvalue weighted by atomic mass is 10.1. The first-order valence-corrected chi connectivity index (χ1v) is 8.35. The summed E-state index contributed by atoms with van der Waals surface area (Å²) in [5.41, 5.74) is 5.82. The summed E-state index contributed by atoms with van der Waals surface area (Å²) in [5, 5.41) is 9.23. The van der Waals surface area contributed by atoms with Gasteiger partial charge in [-0.05, 0) is 23.8 Å². The Kier molecular flexibility index (Phi) is 5.55. The zero-order valence-electron chi connectivity index (χ0n) is 11.6. The second kappa shape index (κ2) is 7.24. The number of amides is 2. The topological polar surface area (TPSA) is 101 Å². The summed E-state index contributed by atoms with van der Waals surface area (Å²) in [6, 6.07) is 5.87. The first-order valence-electron chi connectivity index (χ1n) is 6.33. The van der Waals surface area contributed by atoms with Gasteiger partial charge in [0.15, 0.2) is 0 Å². The van der Waals surface area contributed by atoms with Crippen molar-refractivity contribution in [2.24, 2.45) is 5.73 Å². The summed E-state index contributed by atoms with van der Waals surface area (Å²) in [6.45, 7) is 0. The molecule has 0 saturated carbocycles. The van der Waals surface area contributed by atoms with Crippen LogP contribution >= 0.6 is 39.9 Å². The Labute approximate surface area is 149 Å². The Morgan fingerprint density at radius 2 is 2.17 bits per heavy atom. The molecule has 2 rings (SSSR count). The molecule has 1 saturated heterocycles. The first kappa shape index (κ1) is 17.6. The molecule has 0 radical (unpaired) electrons. The molecule has 1 aliphatic rings. The lowest BCUT2D eigenvalue weighted by Crippen LogP contribution is -2.46. The number of nitrogens with zero attached hydrogens (tertiary/aromatic N) is 1. The fourth-order valence-corrected chi connectivity index (χ4v) is 3.75. The number of nitrogens with two attached hydrogens (primary N) is 1. The van der Waals surface area contributed by atoms with E-state index < -0.39 is 30.2 Å². The second-order valence-corrected chi connectivity index (χ2v) is 7.22. The summed E-state index contributed by atoms with van der Waals surface area (Å²) < 4.78 is 0.934. The van der Waals surface area contributed by atoms with E-state index in [4.69, 9.17) is 18.0 Å². The summed E-state index contributed by atoms with van der Waals surface area (Å²) in [5.74, 6) is -2.69. The van der Waals surface area contributed by atoms with Crippen molar-refractivity contribution < 1.29 is 19.5 Å². The van der Waals surface area contributed by atoms with Gasteiger partial charge in [-0.25, -0.2) is 4.79 Å². The number of carboxylic acid groups (broad SMARTS) is 1. The lowest BCUT2D eigenvalue weighted by Gasteiger charge is -2.21. The highest BCUT2D eigenvalue weighted by molar-refractivity contribution is 9.10. The van der Waals surface area contributed by atoms with Gasteiger partial charge in [0.05, 0.1) is 11.3 Å². The summed E-state index contributed by atoms with van der Waals surface area (Å²) in [6.07, 6.45) is 1.12. The number of primary amides is 1. The van der Waals surface area contributed by atoms with Crippen LogP contribution in [-0.2, 0) is 14.4 Å². The minimum Gasteiger partial charge on any atom is -0.480 e. The zero-order valence-corrected chi connectivity index (χ0v) is 14.8. The molecule has 120 valence electrons. The normalized spacial score (nSPS) is 17.6. The van der Waals surface area contributed by atoms with Crippen molar-refractivity contribution in [1.29, 1.82) is 0 Å². The van der Waals surface area contributed by atoms with E-state index in [1.54, 1.807) is 12.1 Å². The zero-order chi connectivity index (χ0) is 17.1. The van der Waals surface area contributed by atoms with Gasteiger partial charge in [-0.2, -0.15) is 0 Å². The molecule has 1 fully saturated rings. The number of aliphatic carboxylic acids is 1. The standard InChI is InChI=1S/C14H11BrN2O4S2/c15-8-3-1-2-7(4-8)5-10-12(19)17(14(22)23-10)9(13(20)21)6-11(16)18/h1-5,9H,6H2,(H2,16,18)(H,20,21)/b10-5-. The van der Waals surface area contributed by atoms with Crippen molar-refractivity contribution in [1.82, 2.24) is 4.90 Å². The smallest absolute Gasteiger partial charge is 0.327 e. The van der Waals surface area contributed by atoms with Crippen LogP contribution in [-0.4, -0.2) is 38.2 Å². The maximum atomic E-state index is 12.5. The van der Waals surface area contributed by atoms with Gasteiger partial charge in [-0.1, -0.05) is 52.0 Å². The molecule has 3 N–H and O–H groups in total. The second-order valence-electron chi connectivity index (χ2n) is 4.63. The predicted octanol–water partition coefficient (Wildman–Crippen LogP) is 1.98. The number of carbonyl (C=O) groups is 3. The molecule has 2 amide bonds. The molecular formula is C14H11BrN2O4S2. The van der Waals surface area contributed by atoms with Gasteiger partial charge in [0, 0.05) is 4.47 Å². The molecule has 0 aliphatic carbocycles. The summed E-state index contributed by atoms with van der Waals surface area (Å²) in [4.78, 5) is 36.0. The number of halogens is 1. The number of carbonyl (C=O) groups excluding carboxylic acids is 2. The van der Waals surface area contributed by atoms with Crippen LogP contribution in [0.25, 0.3) is 6.08 Å². The molecule has 1 heterocycles. The van der Waals surface area contributed by atoms with Crippen molar-refractivity contribution in [3.8, 4) is 0 Å². The minimum absolute atomic E-state index is 0.0879. The highest BCUT2D eigenvalue weighted by atomic mass is 79.9. The van der Waals surface area contributed by atoms with Gasteiger partial charge in [0.25, 0.3) is 5.91 Å². The average Bonchev–Trinajstić information content (AvgIpc) is 2.71. The molecular weight excluding hydrogens is 404 g/mol. The van der Waals surface area contributed by atoms with Crippen LogP contribution in [0, 0.1) is 0 Å². The highest BCUT2D eigenvalue weighted by Gasteiger charge is 2.41. The molecule has 1 aromatic rings. The van der Waals surface area contributed by atoms with Crippen molar-refractivity contribution in [2.75, 3.05) is 0 Å². The molecule has 9 heteroatoms. The number of thioether (sulfide) groups is 1. The minimum atomic E-state index is -1.39. The molecule has 0 aromatic heterocycles. The van der Waals surface area contributed by atoms with E-state index in [0.717, 1.165) is 26.7 Å². The third-order valence-corrected chi connectivity index (χ3v) is 4.78. The van der Waals surface area contributed by atoms with Gasteiger partial charge in [0.1, 0.15) is 10.4 Å². The Morgan fingerprint density at radius 1 is 1.48 bits per heavy atom. The van der Waals surface area contributed by atoms with E-state index in [0.29, 0.717) is 4.91 Å². The first-order chi connectivity index (χ1) is 10.8. The van der Waals surface area contributed by atoms with Crippen LogP contribution < -0.4 is 5.73 Å². The third-order valence-electron chi connectivity index (χ3n) is 2.96. The quantitative estimate of drug-likeness (QED) is 0.564. The van der Waals surface area contributed by atoms with E-state index in [-0.39, 0.29) is 4.32 Å². The monoisotopic (exact) mass is 414 g/mol. The summed E-state index contributed by atoms with van der Waals surface area (Å²) in [7, 11) is 0. The van der Waals surface area contributed by atoms with Crippen LogP contribution in [0.3, 0.4) is 0 Å². The Morgan fingerprint density at radius 3 is 2.74 bits per heavy atom. The Hall–Kier alpha value is -1.71. The highest BCUT2D eigenvalue weighted by Crippen LogP contribution is 2.34. The molecule has 1 aromatic carbocycles. The SMILES string of the molecule is NC(=O)CC(C(=O)O)N1C(=O)/C(=C/c2cccc(Br)c2)SC1=S. The van der Waals surface area contributed by atoms with E-state index in [9.17, 15) is 19.5 Å². The average molecular weight is 415 g/mol.